The smallest absolute Gasteiger partial charge is 0.197 e. The van der Waals surface area contributed by atoms with Crippen LogP contribution < -0.4 is 0 Å². The predicted molar refractivity (Wildman–Crippen MR) is 149 cm³/mol. The summed E-state index contributed by atoms with van der Waals surface area (Å²) in [4.78, 5) is 40.6. The molecule has 0 saturated carbocycles. The van der Waals surface area contributed by atoms with Gasteiger partial charge in [-0.15, -0.1) is 0 Å². The number of aromatic nitrogens is 3. The molecule has 0 atom stereocenters. The fourth-order valence-electron chi connectivity index (χ4n) is 4.79. The van der Waals surface area contributed by atoms with Gasteiger partial charge in [0.05, 0.1) is 12.1 Å². The molecular weight excluding hydrogens is 492 g/mol. The Balaban J connectivity index is 1.38. The van der Waals surface area contributed by atoms with Crippen molar-refractivity contribution in [3.05, 3.63) is 125 Å². The second-order valence-corrected chi connectivity index (χ2v) is 9.89. The van der Waals surface area contributed by atoms with E-state index in [1.807, 2.05) is 71.3 Å². The van der Waals surface area contributed by atoms with Gasteiger partial charge in [0.1, 0.15) is 10.8 Å². The number of imidazole rings is 1. The largest absolute Gasteiger partial charge is 0.288 e. The summed E-state index contributed by atoms with van der Waals surface area (Å²) in [5.74, 6) is -0.126. The predicted octanol–water partition coefficient (Wildman–Crippen LogP) is 7.32. The number of carbonyl (C=O) groups is 2. The van der Waals surface area contributed by atoms with Crippen molar-refractivity contribution in [2.75, 3.05) is 0 Å². The second kappa shape index (κ2) is 8.44. The minimum Gasteiger partial charge on any atom is -0.288 e. The molecule has 0 spiro atoms. The molecule has 1 aliphatic rings. The standard InChI is InChI=1S/C31H16N4O2S/c1-32-21-13-11-18(12-14-21)30-34-29-31(38-30)33-26(35(29)22-9-3-2-4-10-22)17-25-27(36)23-15-19-7-5-6-8-20(19)16-24(23)28(25)37/h2-17H. The van der Waals surface area contributed by atoms with Crippen LogP contribution in [0, 0.1) is 6.57 Å². The Morgan fingerprint density at radius 2 is 1.42 bits per heavy atom. The van der Waals surface area contributed by atoms with E-state index in [0.717, 1.165) is 27.0 Å². The Bertz CT molecular complexity index is 1950. The molecule has 4 aromatic carbocycles. The molecule has 1 aliphatic carbocycles. The van der Waals surface area contributed by atoms with Gasteiger partial charge < -0.3 is 0 Å². The highest BCUT2D eigenvalue weighted by Crippen LogP contribution is 2.35. The molecule has 178 valence electrons. The van der Waals surface area contributed by atoms with Gasteiger partial charge >= 0.3 is 0 Å². The van der Waals surface area contributed by atoms with E-state index in [4.69, 9.17) is 16.5 Å². The third kappa shape index (κ3) is 3.39. The molecule has 7 heteroatoms. The van der Waals surface area contributed by atoms with Crippen molar-refractivity contribution in [2.45, 2.75) is 0 Å². The van der Waals surface area contributed by atoms with Crippen molar-refractivity contribution < 1.29 is 9.59 Å². The number of allylic oxidation sites excluding steroid dienone is 1. The molecule has 0 saturated heterocycles. The summed E-state index contributed by atoms with van der Waals surface area (Å²) in [7, 11) is 0. The summed E-state index contributed by atoms with van der Waals surface area (Å²) in [6, 6.07) is 28.2. The van der Waals surface area contributed by atoms with Crippen molar-refractivity contribution in [2.24, 2.45) is 0 Å². The number of ketones is 2. The number of hydrogen-bond donors (Lipinski definition) is 0. The minimum atomic E-state index is -0.296. The van der Waals surface area contributed by atoms with Gasteiger partial charge in [-0.05, 0) is 41.1 Å². The van der Waals surface area contributed by atoms with Crippen LogP contribution >= 0.6 is 11.3 Å². The lowest BCUT2D eigenvalue weighted by molar-refractivity contribution is 0.0990. The SMILES string of the molecule is [C-]#[N+]c1ccc(-c2nc3c(nc(C=C4C(=O)c5cc6ccccc6cc5C4=O)n3-c3ccccc3)s2)cc1. The number of para-hydroxylation sites is 1. The molecule has 38 heavy (non-hydrogen) atoms. The normalized spacial score (nSPS) is 12.8. The van der Waals surface area contributed by atoms with E-state index in [2.05, 4.69) is 4.85 Å². The Morgan fingerprint density at radius 1 is 0.789 bits per heavy atom. The van der Waals surface area contributed by atoms with Crippen molar-refractivity contribution in [1.82, 2.24) is 14.5 Å². The molecular formula is C31H16N4O2S. The first-order valence-electron chi connectivity index (χ1n) is 11.9. The molecule has 0 amide bonds. The molecule has 0 fully saturated rings. The van der Waals surface area contributed by atoms with E-state index < -0.39 is 0 Å². The Morgan fingerprint density at radius 3 is 2.05 bits per heavy atom. The first-order chi connectivity index (χ1) is 18.6. The average molecular weight is 509 g/mol. The zero-order valence-electron chi connectivity index (χ0n) is 19.8. The average Bonchev–Trinajstić information content (AvgIpc) is 3.59. The van der Waals surface area contributed by atoms with Crippen molar-refractivity contribution in [3.8, 4) is 16.3 Å². The van der Waals surface area contributed by atoms with Crippen LogP contribution in [0.5, 0.6) is 0 Å². The quantitative estimate of drug-likeness (QED) is 0.143. The van der Waals surface area contributed by atoms with Gasteiger partial charge in [0.15, 0.2) is 27.7 Å². The van der Waals surface area contributed by atoms with Crippen LogP contribution in [0.2, 0.25) is 0 Å². The number of thiazole rings is 1. The number of nitrogens with zero attached hydrogens (tertiary/aromatic N) is 4. The molecule has 0 radical (unpaired) electrons. The van der Waals surface area contributed by atoms with Crippen molar-refractivity contribution in [3.63, 3.8) is 0 Å². The number of carbonyl (C=O) groups excluding carboxylic acids is 2. The summed E-state index contributed by atoms with van der Waals surface area (Å²) in [5, 5.41) is 2.61. The van der Waals surface area contributed by atoms with Gasteiger partial charge in [-0.2, -0.15) is 0 Å². The van der Waals surface area contributed by atoms with Crippen LogP contribution in [0.4, 0.5) is 5.69 Å². The third-order valence-electron chi connectivity index (χ3n) is 6.64. The van der Waals surface area contributed by atoms with Crippen LogP contribution in [0.3, 0.4) is 0 Å². The van der Waals surface area contributed by atoms with Crippen LogP contribution in [-0.2, 0) is 0 Å². The summed E-state index contributed by atoms with van der Waals surface area (Å²) < 4.78 is 1.87. The lowest BCUT2D eigenvalue weighted by atomic mass is 10.0. The number of hydrogen-bond acceptors (Lipinski definition) is 5. The highest BCUT2D eigenvalue weighted by Gasteiger charge is 2.34. The summed E-state index contributed by atoms with van der Waals surface area (Å²) >= 11 is 1.42. The highest BCUT2D eigenvalue weighted by atomic mass is 32.1. The molecule has 0 aliphatic heterocycles. The molecule has 6 aromatic rings. The van der Waals surface area contributed by atoms with E-state index in [0.29, 0.717) is 33.1 Å². The fourth-order valence-corrected chi connectivity index (χ4v) is 5.72. The first-order valence-corrected chi connectivity index (χ1v) is 12.7. The number of rotatable bonds is 3. The monoisotopic (exact) mass is 508 g/mol. The van der Waals surface area contributed by atoms with E-state index in [9.17, 15) is 9.59 Å². The molecule has 0 N–H and O–H groups in total. The molecule has 2 heterocycles. The topological polar surface area (TPSA) is 69.2 Å². The molecule has 2 aromatic heterocycles. The third-order valence-corrected chi connectivity index (χ3v) is 7.63. The number of Topliss-reactive ketones (excluding diaryl/α,β-unsaturated/α-hetero) is 2. The molecule has 6 nitrogen and oxygen atoms in total. The minimum absolute atomic E-state index is 0.0973. The maximum absolute atomic E-state index is 13.4. The van der Waals surface area contributed by atoms with Crippen molar-refractivity contribution in [1.29, 1.82) is 0 Å². The van der Waals surface area contributed by atoms with Gasteiger partial charge in [-0.25, -0.2) is 14.8 Å². The van der Waals surface area contributed by atoms with Gasteiger partial charge in [-0.3, -0.25) is 14.2 Å². The summed E-state index contributed by atoms with van der Waals surface area (Å²) in [6.45, 7) is 7.17. The van der Waals surface area contributed by atoms with Gasteiger partial charge in [0.2, 0.25) is 0 Å². The van der Waals surface area contributed by atoms with E-state index in [-0.39, 0.29) is 17.1 Å². The fraction of sp³-hybridized carbons (Fsp3) is 0. The first kappa shape index (κ1) is 22.0. The lowest BCUT2D eigenvalue weighted by Crippen LogP contribution is -2.04. The van der Waals surface area contributed by atoms with Gasteiger partial charge in [0.25, 0.3) is 0 Å². The second-order valence-electron chi connectivity index (χ2n) is 8.91. The van der Waals surface area contributed by atoms with E-state index >= 15 is 0 Å². The van der Waals surface area contributed by atoms with E-state index in [1.165, 1.54) is 11.3 Å². The maximum atomic E-state index is 13.4. The molecule has 0 unspecified atom stereocenters. The highest BCUT2D eigenvalue weighted by molar-refractivity contribution is 7.21. The number of benzene rings is 4. The Labute approximate surface area is 221 Å². The molecule has 7 rings (SSSR count). The maximum Gasteiger partial charge on any atom is 0.197 e. The Kier molecular flexibility index (Phi) is 4.90. The van der Waals surface area contributed by atoms with Crippen LogP contribution in [-0.4, -0.2) is 26.1 Å². The van der Waals surface area contributed by atoms with Gasteiger partial charge in [0, 0.05) is 22.4 Å². The summed E-state index contributed by atoms with van der Waals surface area (Å²) in [5.41, 5.74) is 3.85. The van der Waals surface area contributed by atoms with Crippen molar-refractivity contribution >= 4 is 55.9 Å². The zero-order chi connectivity index (χ0) is 25.8. The summed E-state index contributed by atoms with van der Waals surface area (Å²) in [6.07, 6.45) is 1.58. The van der Waals surface area contributed by atoms with Crippen LogP contribution in [0.1, 0.15) is 26.5 Å². The Hall–Kier alpha value is -5.19. The lowest BCUT2D eigenvalue weighted by Gasteiger charge is -2.06. The number of fused-ring (bicyclic) bond motifs is 3. The van der Waals surface area contributed by atoms with Crippen LogP contribution in [0.15, 0.2) is 96.6 Å². The van der Waals surface area contributed by atoms with Crippen LogP contribution in [0.25, 0.3) is 48.4 Å². The zero-order valence-corrected chi connectivity index (χ0v) is 20.6. The molecule has 0 bridgehead atoms. The van der Waals surface area contributed by atoms with Gasteiger partial charge in [-0.1, -0.05) is 78.1 Å². The van der Waals surface area contributed by atoms with E-state index in [1.54, 1.807) is 30.3 Å².